The Morgan fingerprint density at radius 1 is 0.625 bits per heavy atom. The number of likely N-dealkylation sites (N-methyl/N-ethyl adjacent to an activating group) is 1. The van der Waals surface area contributed by atoms with Crippen molar-refractivity contribution in [2.24, 2.45) is 0 Å². The molecular weight excluding hydrogens is 629 g/mol. The highest BCUT2D eigenvalue weighted by molar-refractivity contribution is 7.47. The summed E-state index contributed by atoms with van der Waals surface area (Å²) >= 11 is 0. The first-order valence-electron chi connectivity index (χ1n) is 19.4. The summed E-state index contributed by atoms with van der Waals surface area (Å²) in [6.45, 7) is 4.38. The fraction of sp³-hybridized carbons (Fsp3) is 0.895. The quantitative estimate of drug-likeness (QED) is 0.0228. The third-order valence-electron chi connectivity index (χ3n) is 8.30. The average Bonchev–Trinajstić information content (AvgIpc) is 3.02. The minimum absolute atomic E-state index is 0.0327. The van der Waals surface area contributed by atoms with Crippen molar-refractivity contribution in [1.82, 2.24) is 0 Å². The molecule has 0 saturated heterocycles. The van der Waals surface area contributed by atoms with Crippen LogP contribution in [0.2, 0.25) is 0 Å². The second-order valence-electron chi connectivity index (χ2n) is 14.3. The highest BCUT2D eigenvalue weighted by atomic mass is 31.2. The number of carbonyl (C=O) groups is 2. The Kier molecular flexibility index (Phi) is 30.9. The molecule has 9 nitrogen and oxygen atoms in total. The molecule has 2 atom stereocenters. The first-order chi connectivity index (χ1) is 23.0. The molecule has 0 aromatic carbocycles. The van der Waals surface area contributed by atoms with Crippen LogP contribution in [0.4, 0.5) is 0 Å². The third-order valence-corrected chi connectivity index (χ3v) is 9.28. The summed E-state index contributed by atoms with van der Waals surface area (Å²) in [4.78, 5) is 35.1. The number of esters is 2. The van der Waals surface area contributed by atoms with Crippen LogP contribution in [0.3, 0.4) is 0 Å². The van der Waals surface area contributed by atoms with E-state index in [2.05, 4.69) is 26.0 Å². The number of phosphoric ester groups is 1. The number of allylic oxidation sites excluding steroid dienone is 2. The van der Waals surface area contributed by atoms with Gasteiger partial charge in [0.1, 0.15) is 19.8 Å². The van der Waals surface area contributed by atoms with Crippen LogP contribution in [0, 0.1) is 0 Å². The number of hydrogen-bond donors (Lipinski definition) is 1. The minimum atomic E-state index is -4.36. The molecule has 0 spiro atoms. The van der Waals surface area contributed by atoms with Crippen molar-refractivity contribution in [3.63, 3.8) is 0 Å². The topological polar surface area (TPSA) is 108 Å². The Hall–Kier alpha value is -1.25. The maximum absolute atomic E-state index is 12.6. The number of nitrogens with zero attached hydrogens (tertiary/aromatic N) is 1. The van der Waals surface area contributed by atoms with Crippen molar-refractivity contribution in [1.29, 1.82) is 0 Å². The van der Waals surface area contributed by atoms with Gasteiger partial charge in [-0.2, -0.15) is 0 Å². The van der Waals surface area contributed by atoms with E-state index < -0.39 is 26.5 Å². The van der Waals surface area contributed by atoms with Crippen LogP contribution in [0.25, 0.3) is 0 Å². The van der Waals surface area contributed by atoms with Gasteiger partial charge in [-0.1, -0.05) is 129 Å². The summed E-state index contributed by atoms with van der Waals surface area (Å²) in [5.74, 6) is -0.806. The number of phosphoric acid groups is 1. The van der Waals surface area contributed by atoms with E-state index in [0.29, 0.717) is 23.9 Å². The van der Waals surface area contributed by atoms with E-state index in [-0.39, 0.29) is 25.6 Å². The van der Waals surface area contributed by atoms with Gasteiger partial charge in [0.2, 0.25) is 0 Å². The molecule has 0 radical (unpaired) electrons. The fourth-order valence-corrected chi connectivity index (χ4v) is 5.93. The molecule has 1 unspecified atom stereocenters. The van der Waals surface area contributed by atoms with Gasteiger partial charge in [0.15, 0.2) is 6.10 Å². The molecule has 0 rings (SSSR count). The van der Waals surface area contributed by atoms with Crippen LogP contribution in [0.1, 0.15) is 168 Å². The summed E-state index contributed by atoms with van der Waals surface area (Å²) in [6.07, 6.45) is 29.7. The fourth-order valence-electron chi connectivity index (χ4n) is 5.18. The van der Waals surface area contributed by atoms with Crippen molar-refractivity contribution in [3.8, 4) is 0 Å². The predicted molar refractivity (Wildman–Crippen MR) is 197 cm³/mol. The van der Waals surface area contributed by atoms with Gasteiger partial charge in [-0.05, 0) is 38.5 Å². The molecule has 0 amide bonds. The maximum Gasteiger partial charge on any atom is 0.472 e. The largest absolute Gasteiger partial charge is 0.472 e. The molecule has 0 aliphatic rings. The standard InChI is InChI=1S/C38H74NO8P/c1-6-8-10-12-14-16-18-19-21-23-25-27-29-31-38(41)47-36(35-46-48(42,43)45-33-32-39(3,4)5)34-44-37(40)30-28-26-24-22-20-17-15-13-11-9-7-2/h16,18,36H,6-15,17,19-35H2,1-5H3/p+1/b18-16+/t36-/m1/s1. The molecule has 284 valence electrons. The highest BCUT2D eigenvalue weighted by Gasteiger charge is 2.27. The molecule has 0 heterocycles. The first-order valence-corrected chi connectivity index (χ1v) is 20.9. The lowest BCUT2D eigenvalue weighted by atomic mass is 10.1. The maximum atomic E-state index is 12.6. The van der Waals surface area contributed by atoms with E-state index in [0.717, 1.165) is 51.4 Å². The number of carbonyl (C=O) groups excluding carboxylic acids is 2. The van der Waals surface area contributed by atoms with E-state index in [4.69, 9.17) is 18.5 Å². The predicted octanol–water partition coefficient (Wildman–Crippen LogP) is 10.2. The summed E-state index contributed by atoms with van der Waals surface area (Å²) in [5, 5.41) is 0. The van der Waals surface area contributed by atoms with Crippen LogP contribution < -0.4 is 0 Å². The van der Waals surface area contributed by atoms with Gasteiger partial charge >= 0.3 is 19.8 Å². The van der Waals surface area contributed by atoms with Crippen molar-refractivity contribution in [2.75, 3.05) is 47.5 Å². The minimum Gasteiger partial charge on any atom is -0.462 e. The lowest BCUT2D eigenvalue weighted by Gasteiger charge is -2.24. The average molecular weight is 705 g/mol. The van der Waals surface area contributed by atoms with Gasteiger partial charge in [-0.15, -0.1) is 0 Å². The monoisotopic (exact) mass is 705 g/mol. The molecule has 0 aliphatic carbocycles. The molecule has 0 saturated carbocycles. The van der Waals surface area contributed by atoms with Gasteiger partial charge in [-0.3, -0.25) is 18.6 Å². The summed E-state index contributed by atoms with van der Waals surface area (Å²) in [6, 6.07) is 0. The van der Waals surface area contributed by atoms with Crippen molar-refractivity contribution in [2.45, 2.75) is 174 Å². The van der Waals surface area contributed by atoms with Crippen LogP contribution in [-0.4, -0.2) is 74.9 Å². The smallest absolute Gasteiger partial charge is 0.462 e. The van der Waals surface area contributed by atoms with E-state index in [1.165, 1.54) is 83.5 Å². The normalized spacial score (nSPS) is 13.9. The molecule has 10 heteroatoms. The van der Waals surface area contributed by atoms with E-state index in [9.17, 15) is 19.0 Å². The summed E-state index contributed by atoms with van der Waals surface area (Å²) < 4.78 is 34.1. The van der Waals surface area contributed by atoms with Crippen molar-refractivity contribution < 1.29 is 42.1 Å². The zero-order valence-electron chi connectivity index (χ0n) is 31.7. The Morgan fingerprint density at radius 3 is 1.56 bits per heavy atom. The first kappa shape index (κ1) is 46.8. The van der Waals surface area contributed by atoms with Crippen LogP contribution in [0.5, 0.6) is 0 Å². The zero-order valence-corrected chi connectivity index (χ0v) is 32.6. The molecule has 0 aromatic heterocycles. The van der Waals surface area contributed by atoms with Gasteiger partial charge in [0.25, 0.3) is 0 Å². The van der Waals surface area contributed by atoms with E-state index >= 15 is 0 Å². The molecular formula is C38H75NO8P+. The number of rotatable bonds is 35. The SMILES string of the molecule is CCCCCC/C=C/CCCCCCCC(=O)O[C@H](COC(=O)CCCCCCCCCCCCC)COP(=O)(O)OCC[N+](C)(C)C. The van der Waals surface area contributed by atoms with Gasteiger partial charge < -0.3 is 18.9 Å². The molecule has 1 N–H and O–H groups in total. The van der Waals surface area contributed by atoms with Crippen LogP contribution >= 0.6 is 7.82 Å². The molecule has 0 bridgehead atoms. The molecule has 0 aliphatic heterocycles. The van der Waals surface area contributed by atoms with Gasteiger partial charge in [0.05, 0.1) is 27.7 Å². The summed E-state index contributed by atoms with van der Waals surface area (Å²) in [7, 11) is 1.48. The van der Waals surface area contributed by atoms with Gasteiger partial charge in [0, 0.05) is 12.8 Å². The Labute approximate surface area is 295 Å². The number of hydrogen-bond acceptors (Lipinski definition) is 7. The Balaban J connectivity index is 4.44. The number of unbranched alkanes of at least 4 members (excludes halogenated alkanes) is 19. The molecule has 48 heavy (non-hydrogen) atoms. The third kappa shape index (κ3) is 34.6. The zero-order chi connectivity index (χ0) is 35.8. The second kappa shape index (κ2) is 31.7. The lowest BCUT2D eigenvalue weighted by molar-refractivity contribution is -0.870. The van der Waals surface area contributed by atoms with Crippen molar-refractivity contribution >= 4 is 19.8 Å². The number of quaternary nitrogens is 1. The van der Waals surface area contributed by atoms with Crippen LogP contribution in [-0.2, 0) is 32.7 Å². The summed E-state index contributed by atoms with van der Waals surface area (Å²) in [5.41, 5.74) is 0. The highest BCUT2D eigenvalue weighted by Crippen LogP contribution is 2.43. The van der Waals surface area contributed by atoms with E-state index in [1.54, 1.807) is 0 Å². The Bertz CT molecular complexity index is 845. The van der Waals surface area contributed by atoms with E-state index in [1.807, 2.05) is 21.1 Å². The number of ether oxygens (including phenoxy) is 2. The van der Waals surface area contributed by atoms with Gasteiger partial charge in [-0.25, -0.2) is 4.57 Å². The Morgan fingerprint density at radius 2 is 1.06 bits per heavy atom. The molecule has 0 fully saturated rings. The lowest BCUT2D eigenvalue weighted by Crippen LogP contribution is -2.37. The van der Waals surface area contributed by atoms with Crippen molar-refractivity contribution in [3.05, 3.63) is 12.2 Å². The molecule has 0 aromatic rings. The van der Waals surface area contributed by atoms with Crippen LogP contribution in [0.15, 0.2) is 12.2 Å². The second-order valence-corrected chi connectivity index (χ2v) is 15.8.